The number of benzene rings is 6. The molecule has 6 aromatic carbocycles. The summed E-state index contributed by atoms with van der Waals surface area (Å²) in [5.41, 5.74) is 1.90. The van der Waals surface area contributed by atoms with E-state index >= 15 is 0 Å². The van der Waals surface area contributed by atoms with Crippen molar-refractivity contribution in [2.45, 2.75) is 52.2 Å². The van der Waals surface area contributed by atoms with Crippen molar-refractivity contribution >= 4 is 163 Å². The standard InChI is InChI=1S/C38H32N4O11S3.3Na/c43-32-17-8-23-20-28(54(45,46)47)21-34(56(51,52)53)35(23)36(32)42-40-27-15-11-25(12-16-27)38(18-4-1-5-19-38)24-9-13-26(14-10-24)39-41-31-22-33(55(48,49)50)29-6-2-3-7-30(29)37(31)44;;;/h2-3,6-17,20-22,43-44H,1,4-5,18-19H2,(H,45,46,47)(H,48,49,50)(H,51,52,53);;;. The molecule has 0 amide bonds. The van der Waals surface area contributed by atoms with Gasteiger partial charge in [-0.25, -0.2) is 0 Å². The first-order chi connectivity index (χ1) is 26.5. The van der Waals surface area contributed by atoms with Crippen molar-refractivity contribution in [3.63, 3.8) is 0 Å². The molecule has 15 nitrogen and oxygen atoms in total. The Bertz CT molecular complexity index is 2950. The van der Waals surface area contributed by atoms with Gasteiger partial charge in [0.25, 0.3) is 30.4 Å². The number of phenols is 2. The molecule has 59 heavy (non-hydrogen) atoms. The van der Waals surface area contributed by atoms with Crippen molar-refractivity contribution < 1.29 is 49.1 Å². The van der Waals surface area contributed by atoms with Gasteiger partial charge in [0.1, 0.15) is 26.9 Å². The predicted molar refractivity (Wildman–Crippen MR) is 223 cm³/mol. The zero-order chi connectivity index (χ0) is 40.0. The molecule has 1 saturated carbocycles. The van der Waals surface area contributed by atoms with E-state index in [9.17, 15) is 49.1 Å². The summed E-state index contributed by atoms with van der Waals surface area (Å²) in [6, 6.07) is 25.7. The molecule has 0 heterocycles. The first-order valence-corrected chi connectivity index (χ1v) is 21.3. The molecule has 0 atom stereocenters. The molecule has 0 aromatic heterocycles. The van der Waals surface area contributed by atoms with E-state index < -0.39 is 50.8 Å². The molecule has 291 valence electrons. The van der Waals surface area contributed by atoms with Gasteiger partial charge in [-0.3, -0.25) is 13.7 Å². The second-order valence-electron chi connectivity index (χ2n) is 13.3. The van der Waals surface area contributed by atoms with Crippen LogP contribution in [-0.4, -0.2) is 138 Å². The zero-order valence-corrected chi connectivity index (χ0v) is 40.5. The van der Waals surface area contributed by atoms with Crippen LogP contribution in [0.5, 0.6) is 11.5 Å². The number of hydrogen-bond donors (Lipinski definition) is 5. The minimum absolute atomic E-state index is 0. The van der Waals surface area contributed by atoms with Crippen molar-refractivity contribution in [3.05, 3.63) is 114 Å². The molecule has 7 rings (SSSR count). The van der Waals surface area contributed by atoms with Gasteiger partial charge < -0.3 is 10.2 Å². The Hall–Kier alpha value is -2.63. The number of fused-ring (bicyclic) bond motifs is 2. The monoisotopic (exact) mass is 885 g/mol. The average molecular weight is 886 g/mol. The van der Waals surface area contributed by atoms with Gasteiger partial charge in [0.2, 0.25) is 0 Å². The summed E-state index contributed by atoms with van der Waals surface area (Å²) in [5, 5.41) is 38.0. The van der Waals surface area contributed by atoms with Gasteiger partial charge in [-0.2, -0.15) is 35.5 Å². The van der Waals surface area contributed by atoms with Crippen LogP contribution in [0.4, 0.5) is 22.7 Å². The summed E-state index contributed by atoms with van der Waals surface area (Å²) < 4.78 is 102. The zero-order valence-electron chi connectivity index (χ0n) is 32.0. The van der Waals surface area contributed by atoms with E-state index in [1.165, 1.54) is 18.2 Å². The Kier molecular flexibility index (Phi) is 15.9. The number of azo groups is 2. The average Bonchev–Trinajstić information content (AvgIpc) is 3.16. The van der Waals surface area contributed by atoms with E-state index in [1.807, 2.05) is 24.3 Å². The molecule has 21 heteroatoms. The Morgan fingerprint density at radius 3 is 1.58 bits per heavy atom. The fourth-order valence-electron chi connectivity index (χ4n) is 7.24. The van der Waals surface area contributed by atoms with Gasteiger partial charge in [-0.15, -0.1) is 10.2 Å². The van der Waals surface area contributed by atoms with E-state index in [0.29, 0.717) is 17.4 Å². The maximum absolute atomic E-state index is 12.3. The molecule has 0 spiro atoms. The predicted octanol–water partition coefficient (Wildman–Crippen LogP) is 8.08. The Morgan fingerprint density at radius 2 is 1.05 bits per heavy atom. The molecular formula is C38H32N4Na3O11S3. The maximum atomic E-state index is 12.3. The van der Waals surface area contributed by atoms with E-state index in [4.69, 9.17) is 0 Å². The van der Waals surface area contributed by atoms with Gasteiger partial charge >= 0.3 is 0 Å². The van der Waals surface area contributed by atoms with Crippen LogP contribution in [-0.2, 0) is 35.8 Å². The SMILES string of the molecule is O=S(=O)(O)c1cc(S(=O)(=O)O)c2c(N=Nc3ccc(C4(c5ccc(N=Nc6cc(S(=O)(=O)O)c7ccccc7c6O)cc5)CCCCC4)cc3)c(O)ccc2c1.[Na].[Na].[Na]. The summed E-state index contributed by atoms with van der Waals surface area (Å²) in [6.45, 7) is 0. The molecule has 0 saturated heterocycles. The number of phenolic OH excluding ortho intramolecular Hbond substituents is 2. The van der Waals surface area contributed by atoms with E-state index in [1.54, 1.807) is 36.4 Å². The van der Waals surface area contributed by atoms with Crippen LogP contribution < -0.4 is 0 Å². The topological polar surface area (TPSA) is 253 Å². The first-order valence-electron chi connectivity index (χ1n) is 17.0. The van der Waals surface area contributed by atoms with Gasteiger partial charge in [-0.05, 0) is 77.9 Å². The summed E-state index contributed by atoms with van der Waals surface area (Å²) in [5.74, 6) is -0.785. The molecule has 6 aromatic rings. The molecule has 0 bridgehead atoms. The molecule has 1 fully saturated rings. The van der Waals surface area contributed by atoms with Crippen LogP contribution >= 0.6 is 0 Å². The van der Waals surface area contributed by atoms with Crippen LogP contribution in [0, 0.1) is 0 Å². The van der Waals surface area contributed by atoms with Gasteiger partial charge in [0.15, 0.2) is 5.75 Å². The maximum Gasteiger partial charge on any atom is 0.295 e. The van der Waals surface area contributed by atoms with E-state index in [-0.39, 0.29) is 133 Å². The minimum atomic E-state index is -5.06. The molecule has 0 aliphatic heterocycles. The second-order valence-corrected chi connectivity index (χ2v) is 17.5. The Balaban J connectivity index is 0.00000256. The van der Waals surface area contributed by atoms with Crippen LogP contribution in [0.1, 0.15) is 43.2 Å². The molecular weight excluding hydrogens is 854 g/mol. The van der Waals surface area contributed by atoms with Crippen molar-refractivity contribution in [2.75, 3.05) is 0 Å². The molecule has 1 aliphatic carbocycles. The third kappa shape index (κ3) is 10.4. The molecule has 3 radical (unpaired) electrons. The summed E-state index contributed by atoms with van der Waals surface area (Å²) in [6.07, 6.45) is 4.68. The Labute approximate surface area is 406 Å². The van der Waals surface area contributed by atoms with Crippen LogP contribution in [0.2, 0.25) is 0 Å². The van der Waals surface area contributed by atoms with Gasteiger partial charge in [0.05, 0.1) is 16.3 Å². The van der Waals surface area contributed by atoms with Crippen molar-refractivity contribution in [3.8, 4) is 11.5 Å². The normalized spacial score (nSPS) is 14.5. The number of rotatable bonds is 9. The number of nitrogens with zero attached hydrogens (tertiary/aromatic N) is 4. The van der Waals surface area contributed by atoms with Crippen LogP contribution in [0.15, 0.2) is 138 Å². The summed E-state index contributed by atoms with van der Waals surface area (Å²) >= 11 is 0. The second kappa shape index (κ2) is 19.2. The third-order valence-electron chi connectivity index (χ3n) is 9.90. The third-order valence-corrected chi connectivity index (χ3v) is 12.5. The summed E-state index contributed by atoms with van der Waals surface area (Å²) in [4.78, 5) is -2.08. The van der Waals surface area contributed by atoms with E-state index in [0.717, 1.165) is 61.4 Å². The van der Waals surface area contributed by atoms with Crippen LogP contribution in [0.3, 0.4) is 0 Å². The van der Waals surface area contributed by atoms with Crippen molar-refractivity contribution in [1.29, 1.82) is 0 Å². The van der Waals surface area contributed by atoms with Gasteiger partial charge in [0, 0.05) is 110 Å². The molecule has 0 unspecified atom stereocenters. The fourth-order valence-corrected chi connectivity index (χ4v) is 9.32. The Morgan fingerprint density at radius 1 is 0.525 bits per heavy atom. The number of aromatic hydroxyl groups is 2. The summed E-state index contributed by atoms with van der Waals surface area (Å²) in [7, 11) is -14.5. The van der Waals surface area contributed by atoms with Crippen molar-refractivity contribution in [2.24, 2.45) is 20.5 Å². The van der Waals surface area contributed by atoms with Crippen molar-refractivity contribution in [1.82, 2.24) is 0 Å². The fraction of sp³-hybridized carbons (Fsp3) is 0.158. The molecule has 1 aliphatic rings. The largest absolute Gasteiger partial charge is 0.506 e. The quantitative estimate of drug-likeness (QED) is 0.0527. The van der Waals surface area contributed by atoms with E-state index in [2.05, 4.69) is 20.5 Å². The molecule has 5 N–H and O–H groups in total. The van der Waals surface area contributed by atoms with Gasteiger partial charge in [-0.1, -0.05) is 73.9 Å². The smallest absolute Gasteiger partial charge is 0.295 e. The number of hydrogen-bond acceptors (Lipinski definition) is 12. The van der Waals surface area contributed by atoms with Crippen LogP contribution in [0.25, 0.3) is 21.5 Å². The first kappa shape index (κ1) is 49.0. The minimum Gasteiger partial charge on any atom is -0.506 e.